The Morgan fingerprint density at radius 2 is 1.43 bits per heavy atom. The Bertz CT molecular complexity index is 1030. The maximum atomic E-state index is 12.2. The van der Waals surface area contributed by atoms with Gasteiger partial charge in [0.25, 0.3) is 5.91 Å². The average Bonchev–Trinajstić information content (AvgIpc) is 2.74. The van der Waals surface area contributed by atoms with Crippen molar-refractivity contribution in [3.05, 3.63) is 89.4 Å². The summed E-state index contributed by atoms with van der Waals surface area (Å²) >= 11 is 5.81. The van der Waals surface area contributed by atoms with Crippen LogP contribution >= 0.6 is 11.6 Å². The predicted octanol–water partition coefficient (Wildman–Crippen LogP) is 5.22. The molecule has 152 valence electrons. The van der Waals surface area contributed by atoms with Gasteiger partial charge in [-0.15, -0.1) is 0 Å². The van der Waals surface area contributed by atoms with E-state index in [0.717, 1.165) is 11.4 Å². The highest BCUT2D eigenvalue weighted by atomic mass is 35.5. The first-order chi connectivity index (χ1) is 14.5. The average molecular weight is 421 g/mol. The minimum atomic E-state index is -0.368. The third-order valence-electron chi connectivity index (χ3n) is 4.10. The molecular weight excluding hydrogens is 400 g/mol. The lowest BCUT2D eigenvalue weighted by atomic mass is 10.2. The second-order valence-electron chi connectivity index (χ2n) is 6.59. The smallest absolute Gasteiger partial charge is 0.271 e. The van der Waals surface area contributed by atoms with E-state index in [1.807, 2.05) is 54.6 Å². The van der Waals surface area contributed by atoms with Gasteiger partial charge in [-0.25, -0.2) is 5.43 Å². The molecule has 0 atom stereocenters. The highest BCUT2D eigenvalue weighted by Gasteiger charge is 2.07. The molecule has 7 heteroatoms. The van der Waals surface area contributed by atoms with Crippen molar-refractivity contribution in [2.75, 3.05) is 10.6 Å². The number of para-hydroxylation sites is 1. The van der Waals surface area contributed by atoms with Crippen LogP contribution in [0.5, 0.6) is 0 Å². The van der Waals surface area contributed by atoms with Crippen LogP contribution in [-0.4, -0.2) is 17.5 Å². The van der Waals surface area contributed by atoms with Crippen molar-refractivity contribution in [1.29, 1.82) is 0 Å². The quantitative estimate of drug-likeness (QED) is 0.362. The lowest BCUT2D eigenvalue weighted by molar-refractivity contribution is -0.115. The molecule has 0 aromatic heterocycles. The molecule has 0 radical (unpaired) electrons. The summed E-state index contributed by atoms with van der Waals surface area (Å²) in [6.45, 7) is 1.68. The lowest BCUT2D eigenvalue weighted by Crippen LogP contribution is -2.21. The Labute approximate surface area is 180 Å². The number of anilines is 3. The number of benzene rings is 3. The molecule has 2 amide bonds. The number of carbonyl (C=O) groups excluding carboxylic acids is 2. The van der Waals surface area contributed by atoms with Gasteiger partial charge in [0, 0.05) is 33.4 Å². The minimum absolute atomic E-state index is 0.0604. The molecule has 0 saturated carbocycles. The molecule has 0 heterocycles. The van der Waals surface area contributed by atoms with Gasteiger partial charge in [-0.3, -0.25) is 9.59 Å². The van der Waals surface area contributed by atoms with Crippen molar-refractivity contribution in [1.82, 2.24) is 5.43 Å². The molecule has 0 aliphatic carbocycles. The number of hydrazone groups is 1. The highest BCUT2D eigenvalue weighted by Crippen LogP contribution is 2.18. The number of rotatable bonds is 7. The lowest BCUT2D eigenvalue weighted by Gasteiger charge is -2.09. The zero-order chi connectivity index (χ0) is 21.3. The number of amides is 2. The second kappa shape index (κ2) is 10.2. The van der Waals surface area contributed by atoms with Gasteiger partial charge in [0.1, 0.15) is 0 Å². The normalized spacial score (nSPS) is 10.9. The maximum Gasteiger partial charge on any atom is 0.271 e. The van der Waals surface area contributed by atoms with Crippen molar-refractivity contribution in [2.45, 2.75) is 13.3 Å². The van der Waals surface area contributed by atoms with E-state index in [9.17, 15) is 9.59 Å². The van der Waals surface area contributed by atoms with E-state index in [2.05, 4.69) is 21.2 Å². The summed E-state index contributed by atoms with van der Waals surface area (Å²) in [6.07, 6.45) is 0.0604. The van der Waals surface area contributed by atoms with E-state index in [0.29, 0.717) is 22.0 Å². The van der Waals surface area contributed by atoms with Gasteiger partial charge in [-0.1, -0.05) is 29.8 Å². The SMILES string of the molecule is C/C(CC(=O)Nc1ccc(Nc2ccccc2)cc1)=N\NC(=O)c1ccc(Cl)cc1. The van der Waals surface area contributed by atoms with Crippen LogP contribution < -0.4 is 16.1 Å². The van der Waals surface area contributed by atoms with Crippen LogP contribution in [0.4, 0.5) is 17.1 Å². The van der Waals surface area contributed by atoms with Gasteiger partial charge < -0.3 is 10.6 Å². The topological polar surface area (TPSA) is 82.6 Å². The Kier molecular flexibility index (Phi) is 7.19. The van der Waals surface area contributed by atoms with Crippen LogP contribution in [0.1, 0.15) is 23.7 Å². The van der Waals surface area contributed by atoms with Gasteiger partial charge in [0.05, 0.1) is 6.42 Å². The molecule has 6 nitrogen and oxygen atoms in total. The summed E-state index contributed by atoms with van der Waals surface area (Å²) < 4.78 is 0. The number of hydrogen-bond acceptors (Lipinski definition) is 4. The summed E-state index contributed by atoms with van der Waals surface area (Å²) in [4.78, 5) is 24.2. The molecule has 0 fully saturated rings. The Hall–Kier alpha value is -3.64. The van der Waals surface area contributed by atoms with Gasteiger partial charge >= 0.3 is 0 Å². The third kappa shape index (κ3) is 6.46. The molecule has 0 aliphatic rings. The van der Waals surface area contributed by atoms with Crippen molar-refractivity contribution in [2.24, 2.45) is 5.10 Å². The van der Waals surface area contributed by atoms with E-state index >= 15 is 0 Å². The molecule has 3 rings (SSSR count). The molecule has 0 spiro atoms. The van der Waals surface area contributed by atoms with Crippen LogP contribution in [0, 0.1) is 0 Å². The molecule has 3 N–H and O–H groups in total. The Balaban J connectivity index is 1.48. The number of nitrogens with zero attached hydrogens (tertiary/aromatic N) is 1. The molecule has 0 bridgehead atoms. The minimum Gasteiger partial charge on any atom is -0.356 e. The second-order valence-corrected chi connectivity index (χ2v) is 7.02. The first kappa shape index (κ1) is 21.1. The fourth-order valence-corrected chi connectivity index (χ4v) is 2.74. The summed E-state index contributed by atoms with van der Waals surface area (Å²) in [5.41, 5.74) is 5.94. The standard InChI is InChI=1S/C23H21ClN4O2/c1-16(27-28-23(30)17-7-9-18(24)10-8-17)15-22(29)26-21-13-11-20(12-14-21)25-19-5-3-2-4-6-19/h2-14,25H,15H2,1H3,(H,26,29)(H,28,30)/b27-16+. The molecule has 30 heavy (non-hydrogen) atoms. The van der Waals surface area contributed by atoms with Crippen LogP contribution in [0.25, 0.3) is 0 Å². The van der Waals surface area contributed by atoms with Crippen molar-refractivity contribution in [3.63, 3.8) is 0 Å². The molecule has 0 saturated heterocycles. The summed E-state index contributed by atoms with van der Waals surface area (Å²) in [6, 6.07) is 23.7. The fourth-order valence-electron chi connectivity index (χ4n) is 2.61. The van der Waals surface area contributed by atoms with E-state index in [1.54, 1.807) is 31.2 Å². The van der Waals surface area contributed by atoms with Gasteiger partial charge in [0.2, 0.25) is 5.91 Å². The van der Waals surface area contributed by atoms with Gasteiger partial charge in [-0.2, -0.15) is 5.10 Å². The summed E-state index contributed by atoms with van der Waals surface area (Å²) in [5.74, 6) is -0.589. The number of nitrogens with one attached hydrogen (secondary N) is 3. The van der Waals surface area contributed by atoms with E-state index < -0.39 is 0 Å². The molecule has 3 aromatic carbocycles. The van der Waals surface area contributed by atoms with Crippen molar-refractivity contribution >= 4 is 46.2 Å². The zero-order valence-corrected chi connectivity index (χ0v) is 17.1. The maximum absolute atomic E-state index is 12.2. The number of halogens is 1. The number of carbonyl (C=O) groups is 2. The van der Waals surface area contributed by atoms with E-state index in [1.165, 1.54) is 0 Å². The fraction of sp³-hybridized carbons (Fsp3) is 0.0870. The van der Waals surface area contributed by atoms with Crippen LogP contribution in [-0.2, 0) is 4.79 Å². The summed E-state index contributed by atoms with van der Waals surface area (Å²) in [7, 11) is 0. The summed E-state index contributed by atoms with van der Waals surface area (Å²) in [5, 5.41) is 10.6. The van der Waals surface area contributed by atoms with Crippen molar-refractivity contribution in [3.8, 4) is 0 Å². The van der Waals surface area contributed by atoms with Crippen LogP contribution in [0.3, 0.4) is 0 Å². The molecule has 0 aliphatic heterocycles. The van der Waals surface area contributed by atoms with E-state index in [4.69, 9.17) is 11.6 Å². The van der Waals surface area contributed by atoms with Crippen LogP contribution in [0.15, 0.2) is 84.0 Å². The van der Waals surface area contributed by atoms with Crippen molar-refractivity contribution < 1.29 is 9.59 Å². The first-order valence-electron chi connectivity index (χ1n) is 9.30. The zero-order valence-electron chi connectivity index (χ0n) is 16.4. The highest BCUT2D eigenvalue weighted by molar-refractivity contribution is 6.30. The molecule has 0 unspecified atom stereocenters. The third-order valence-corrected chi connectivity index (χ3v) is 4.35. The predicted molar refractivity (Wildman–Crippen MR) is 121 cm³/mol. The Morgan fingerprint density at radius 1 is 0.833 bits per heavy atom. The van der Waals surface area contributed by atoms with Gasteiger partial charge in [0.15, 0.2) is 0 Å². The number of hydrogen-bond donors (Lipinski definition) is 3. The monoisotopic (exact) mass is 420 g/mol. The van der Waals surface area contributed by atoms with Crippen LogP contribution in [0.2, 0.25) is 5.02 Å². The molecular formula is C23H21ClN4O2. The van der Waals surface area contributed by atoms with E-state index in [-0.39, 0.29) is 18.2 Å². The molecule has 3 aromatic rings. The van der Waals surface area contributed by atoms with Gasteiger partial charge in [-0.05, 0) is 67.6 Å². The Morgan fingerprint density at radius 3 is 2.10 bits per heavy atom. The first-order valence-corrected chi connectivity index (χ1v) is 9.68. The largest absolute Gasteiger partial charge is 0.356 e.